The Morgan fingerprint density at radius 2 is 0.630 bits per heavy atom. The third-order valence-corrected chi connectivity index (χ3v) is 3.82. The van der Waals surface area contributed by atoms with Crippen molar-refractivity contribution in [3.63, 3.8) is 0 Å². The van der Waals surface area contributed by atoms with E-state index in [9.17, 15) is 0 Å². The molecule has 4 N–H and O–H groups in total. The first kappa shape index (κ1) is 24.2. The molecule has 0 bridgehead atoms. The molecule has 158 valence electrons. The fraction of sp³-hybridized carbons (Fsp3) is 0.875. The fourth-order valence-corrected chi connectivity index (χ4v) is 2.34. The molecular weight excluding hydrogens is 392 g/mol. The molecule has 0 radical (unpaired) electrons. The van der Waals surface area contributed by atoms with Gasteiger partial charge >= 0.3 is 0 Å². The van der Waals surface area contributed by atoms with Crippen molar-refractivity contribution in [2.75, 3.05) is 92.2 Å². The van der Waals surface area contributed by atoms with Crippen LogP contribution in [0.5, 0.6) is 0 Å². The van der Waals surface area contributed by atoms with Gasteiger partial charge in [0.05, 0.1) is 66.1 Å². The van der Waals surface area contributed by atoms with Gasteiger partial charge in [-0.3, -0.25) is 0 Å². The van der Waals surface area contributed by atoms with Gasteiger partial charge < -0.3 is 45.0 Å². The second-order valence-electron chi connectivity index (χ2n) is 5.43. The van der Waals surface area contributed by atoms with Crippen LogP contribution in [0.25, 0.3) is 0 Å². The summed E-state index contributed by atoms with van der Waals surface area (Å²) < 4.78 is 27.3. The first-order valence-corrected chi connectivity index (χ1v) is 10.0. The molecule has 0 aromatic carbocycles. The Morgan fingerprint density at radius 3 is 0.889 bits per heavy atom. The van der Waals surface area contributed by atoms with E-state index < -0.39 is 0 Å². The van der Waals surface area contributed by atoms with E-state index in [1.807, 2.05) is 0 Å². The molecule has 0 aromatic heterocycles. The summed E-state index contributed by atoms with van der Waals surface area (Å²) in [6.45, 7) is 8.07. The van der Waals surface area contributed by atoms with Crippen LogP contribution < -0.4 is 21.3 Å². The Balaban J connectivity index is 2.15. The summed E-state index contributed by atoms with van der Waals surface area (Å²) in [7, 11) is 0. The quantitative estimate of drug-likeness (QED) is 0.361. The minimum Gasteiger partial charge on any atom is -0.377 e. The van der Waals surface area contributed by atoms with Crippen LogP contribution in [0.15, 0.2) is 0 Å². The van der Waals surface area contributed by atoms with Crippen LogP contribution in [-0.4, -0.2) is 102 Å². The van der Waals surface area contributed by atoms with Gasteiger partial charge in [0.1, 0.15) is 0 Å². The van der Waals surface area contributed by atoms with Crippen LogP contribution in [0.4, 0.5) is 0 Å². The number of rotatable bonds is 0. The topological polar surface area (TPSA) is 94.3 Å². The molecule has 1 aliphatic heterocycles. The number of nitrogens with one attached hydrogen (secondary N) is 4. The number of hydrogen-bond donors (Lipinski definition) is 4. The Bertz CT molecular complexity index is 360. The van der Waals surface area contributed by atoms with Crippen LogP contribution in [-0.2, 0) is 23.7 Å². The Hall–Kier alpha value is -0.820. The minimum atomic E-state index is 0.539. The highest BCUT2D eigenvalue weighted by Crippen LogP contribution is 1.82. The lowest BCUT2D eigenvalue weighted by Gasteiger charge is -2.11. The monoisotopic (exact) mass is 424 g/mol. The maximum atomic E-state index is 5.47. The largest absolute Gasteiger partial charge is 0.377 e. The second kappa shape index (κ2) is 18.5. The highest BCUT2D eigenvalue weighted by molar-refractivity contribution is 7.80. The fourth-order valence-electron chi connectivity index (χ4n) is 1.94. The van der Waals surface area contributed by atoms with E-state index in [2.05, 4.69) is 21.3 Å². The first-order chi connectivity index (χ1) is 13.3. The van der Waals surface area contributed by atoms with E-state index in [-0.39, 0.29) is 0 Å². The van der Waals surface area contributed by atoms with Gasteiger partial charge in [-0.15, -0.1) is 0 Å². The summed E-state index contributed by atoms with van der Waals surface area (Å²) in [5.41, 5.74) is 0. The number of hydrogen-bond acceptors (Lipinski definition) is 7. The Morgan fingerprint density at radius 1 is 0.407 bits per heavy atom. The summed E-state index contributed by atoms with van der Waals surface area (Å²) in [6, 6.07) is 0. The molecule has 0 amide bonds. The van der Waals surface area contributed by atoms with Crippen LogP contribution in [0.2, 0.25) is 0 Å². The van der Waals surface area contributed by atoms with Gasteiger partial charge in [-0.05, 0) is 24.4 Å². The van der Waals surface area contributed by atoms with Crippen molar-refractivity contribution in [1.82, 2.24) is 21.3 Å². The van der Waals surface area contributed by atoms with E-state index in [0.717, 1.165) is 0 Å². The van der Waals surface area contributed by atoms with Crippen molar-refractivity contribution in [2.24, 2.45) is 0 Å². The summed E-state index contributed by atoms with van der Waals surface area (Å²) >= 11 is 10.3. The third-order valence-electron chi connectivity index (χ3n) is 3.24. The van der Waals surface area contributed by atoms with Crippen molar-refractivity contribution in [2.45, 2.75) is 0 Å². The predicted molar refractivity (Wildman–Crippen MR) is 111 cm³/mol. The van der Waals surface area contributed by atoms with Gasteiger partial charge in [0.2, 0.25) is 0 Å². The lowest BCUT2D eigenvalue weighted by molar-refractivity contribution is 0.0166. The summed E-state index contributed by atoms with van der Waals surface area (Å²) in [5.74, 6) is 0. The zero-order valence-electron chi connectivity index (χ0n) is 15.8. The Labute approximate surface area is 172 Å². The van der Waals surface area contributed by atoms with Crippen LogP contribution in [0.1, 0.15) is 0 Å². The lowest BCUT2D eigenvalue weighted by atomic mass is 10.6. The first-order valence-electron chi connectivity index (χ1n) is 9.21. The number of ether oxygens (including phenoxy) is 5. The summed E-state index contributed by atoms with van der Waals surface area (Å²) in [4.78, 5) is 0. The summed E-state index contributed by atoms with van der Waals surface area (Å²) in [6.07, 6.45) is 0. The molecule has 0 aromatic rings. The van der Waals surface area contributed by atoms with Crippen molar-refractivity contribution in [3.05, 3.63) is 0 Å². The molecule has 1 saturated heterocycles. The SMILES string of the molecule is S=C1NCCOCCOCCNC(=S)NCCOCCOCCOCCN1. The van der Waals surface area contributed by atoms with Gasteiger partial charge in [0, 0.05) is 26.2 Å². The zero-order chi connectivity index (χ0) is 19.4. The molecule has 27 heavy (non-hydrogen) atoms. The van der Waals surface area contributed by atoms with Crippen LogP contribution in [0, 0.1) is 0 Å². The predicted octanol–water partition coefficient (Wildman–Crippen LogP) is -0.989. The molecule has 0 aliphatic carbocycles. The van der Waals surface area contributed by atoms with Crippen molar-refractivity contribution >= 4 is 34.7 Å². The lowest BCUT2D eigenvalue weighted by Crippen LogP contribution is -2.39. The smallest absolute Gasteiger partial charge is 0.166 e. The second-order valence-corrected chi connectivity index (χ2v) is 6.24. The van der Waals surface area contributed by atoms with E-state index in [0.29, 0.717) is 102 Å². The molecule has 0 unspecified atom stereocenters. The normalized spacial score (nSPS) is 22.1. The molecule has 9 nitrogen and oxygen atoms in total. The molecule has 1 fully saturated rings. The molecule has 1 heterocycles. The molecule has 0 spiro atoms. The molecule has 1 aliphatic rings. The molecular formula is C16H32N4O5S2. The molecule has 0 saturated carbocycles. The molecule has 11 heteroatoms. The van der Waals surface area contributed by atoms with Gasteiger partial charge in [-0.2, -0.15) is 0 Å². The maximum absolute atomic E-state index is 5.47. The third kappa shape index (κ3) is 17.0. The van der Waals surface area contributed by atoms with Gasteiger partial charge in [-0.25, -0.2) is 0 Å². The Kier molecular flexibility index (Phi) is 16.6. The summed E-state index contributed by atoms with van der Waals surface area (Å²) in [5, 5.41) is 13.5. The van der Waals surface area contributed by atoms with E-state index >= 15 is 0 Å². The average Bonchev–Trinajstić information content (AvgIpc) is 2.66. The highest BCUT2D eigenvalue weighted by atomic mass is 32.1. The number of thiocarbonyl (C=S) groups is 2. The van der Waals surface area contributed by atoms with Gasteiger partial charge in [0.15, 0.2) is 10.2 Å². The van der Waals surface area contributed by atoms with Gasteiger partial charge in [-0.1, -0.05) is 0 Å². The highest BCUT2D eigenvalue weighted by Gasteiger charge is 1.98. The standard InChI is InChI=1S/C16H32N4O5S2/c26-15-17-1-5-21-9-10-22-6-2-18-16(27)20-4-8-24-12-14-25-13-11-23-7-3-19-15/h1-14H2,(H2,17,19,26)(H2,18,20,27). The van der Waals surface area contributed by atoms with Crippen molar-refractivity contribution < 1.29 is 23.7 Å². The maximum Gasteiger partial charge on any atom is 0.166 e. The van der Waals surface area contributed by atoms with E-state index in [1.165, 1.54) is 0 Å². The van der Waals surface area contributed by atoms with E-state index in [4.69, 9.17) is 48.1 Å². The van der Waals surface area contributed by atoms with E-state index in [1.54, 1.807) is 0 Å². The van der Waals surface area contributed by atoms with Crippen LogP contribution >= 0.6 is 24.4 Å². The van der Waals surface area contributed by atoms with Crippen LogP contribution in [0.3, 0.4) is 0 Å². The zero-order valence-corrected chi connectivity index (χ0v) is 17.4. The minimum absolute atomic E-state index is 0.539. The van der Waals surface area contributed by atoms with Gasteiger partial charge in [0.25, 0.3) is 0 Å². The van der Waals surface area contributed by atoms with Crippen molar-refractivity contribution in [3.8, 4) is 0 Å². The molecule has 1 rings (SSSR count). The molecule has 0 atom stereocenters. The average molecular weight is 425 g/mol. The van der Waals surface area contributed by atoms with Crippen molar-refractivity contribution in [1.29, 1.82) is 0 Å².